The SMILES string of the molecule is COc1ccc(C(=O)Nc2ccc(S(=O)(=O)NCCO)cc2N2CCC3(CC2)CC3)nc1N1CCC(F)(F)CC1. The van der Waals surface area contributed by atoms with Crippen molar-refractivity contribution in [3.63, 3.8) is 0 Å². The van der Waals surface area contributed by atoms with Crippen LogP contribution in [0, 0.1) is 5.41 Å². The molecule has 3 N–H and O–H groups in total. The van der Waals surface area contributed by atoms with E-state index >= 15 is 0 Å². The lowest BCUT2D eigenvalue weighted by Crippen LogP contribution is -2.40. The highest BCUT2D eigenvalue weighted by atomic mass is 32.2. The number of methoxy groups -OCH3 is 1. The van der Waals surface area contributed by atoms with Crippen molar-refractivity contribution < 1.29 is 31.8 Å². The number of amides is 1. The van der Waals surface area contributed by atoms with Crippen molar-refractivity contribution >= 4 is 33.1 Å². The molecule has 1 aromatic heterocycles. The highest BCUT2D eigenvalue weighted by molar-refractivity contribution is 7.89. The number of pyridine rings is 1. The Labute approximate surface area is 232 Å². The lowest BCUT2D eigenvalue weighted by atomic mass is 9.93. The quantitative estimate of drug-likeness (QED) is 0.414. The number of hydrogen-bond donors (Lipinski definition) is 3. The van der Waals surface area contributed by atoms with Gasteiger partial charge in [-0.2, -0.15) is 0 Å². The molecule has 1 saturated carbocycles. The molecule has 2 aromatic rings. The molecule has 2 aliphatic heterocycles. The number of anilines is 3. The van der Waals surface area contributed by atoms with Gasteiger partial charge in [0.2, 0.25) is 10.0 Å². The maximum Gasteiger partial charge on any atom is 0.274 e. The number of carbonyl (C=O) groups is 1. The Kier molecular flexibility index (Phi) is 7.90. The third-order valence-electron chi connectivity index (χ3n) is 8.14. The summed E-state index contributed by atoms with van der Waals surface area (Å²) in [5, 5.41) is 12.0. The number of hydrogen-bond acceptors (Lipinski definition) is 8. The van der Waals surface area contributed by atoms with Gasteiger partial charge in [0.1, 0.15) is 5.69 Å². The molecule has 40 heavy (non-hydrogen) atoms. The van der Waals surface area contributed by atoms with Crippen LogP contribution >= 0.6 is 0 Å². The van der Waals surface area contributed by atoms with Gasteiger partial charge in [0, 0.05) is 45.6 Å². The molecule has 13 heteroatoms. The van der Waals surface area contributed by atoms with E-state index in [0.29, 0.717) is 28.4 Å². The summed E-state index contributed by atoms with van der Waals surface area (Å²) in [6.07, 6.45) is 3.80. The van der Waals surface area contributed by atoms with Crippen LogP contribution in [0.5, 0.6) is 5.75 Å². The molecule has 3 heterocycles. The first-order chi connectivity index (χ1) is 19.0. The normalized spacial score (nSPS) is 19.9. The first-order valence-electron chi connectivity index (χ1n) is 13.5. The smallest absolute Gasteiger partial charge is 0.274 e. The number of aromatic nitrogens is 1. The van der Waals surface area contributed by atoms with Crippen molar-refractivity contribution in [2.45, 2.75) is 49.3 Å². The minimum atomic E-state index is -3.86. The summed E-state index contributed by atoms with van der Waals surface area (Å²) in [6, 6.07) is 7.60. The molecular weight excluding hydrogens is 544 g/mol. The van der Waals surface area contributed by atoms with E-state index in [1.807, 2.05) is 0 Å². The number of halogens is 2. The van der Waals surface area contributed by atoms with Crippen LogP contribution in [0.25, 0.3) is 0 Å². The zero-order valence-electron chi connectivity index (χ0n) is 22.5. The molecule has 0 unspecified atom stereocenters. The van der Waals surface area contributed by atoms with Gasteiger partial charge in [0.15, 0.2) is 11.6 Å². The monoisotopic (exact) mass is 579 g/mol. The molecule has 1 aromatic carbocycles. The molecule has 218 valence electrons. The standard InChI is InChI=1S/C27H35F2N5O5S/c1-39-23-5-4-21(31-24(23)34-15-10-27(28,29)11-16-34)25(36)32-20-3-2-19(40(37,38)30-12-17-35)18-22(20)33-13-8-26(6-7-26)9-14-33/h2-5,18,30,35H,6-17H2,1H3,(H,32,36). The molecule has 1 spiro atoms. The molecule has 3 aliphatic rings. The number of aliphatic hydroxyl groups is 1. The molecular formula is C27H35F2N5O5S. The van der Waals surface area contributed by atoms with Crippen LogP contribution in [0.2, 0.25) is 0 Å². The second kappa shape index (κ2) is 11.1. The Hall–Kier alpha value is -3.03. The fourth-order valence-corrected chi connectivity index (χ4v) is 6.43. The minimum Gasteiger partial charge on any atom is -0.493 e. The number of ether oxygens (including phenoxy) is 1. The first-order valence-corrected chi connectivity index (χ1v) is 15.0. The number of nitrogens with one attached hydrogen (secondary N) is 2. The Morgan fingerprint density at radius 1 is 1.02 bits per heavy atom. The van der Waals surface area contributed by atoms with Crippen molar-refractivity contribution in [1.82, 2.24) is 9.71 Å². The van der Waals surface area contributed by atoms with Gasteiger partial charge in [-0.05, 0) is 61.4 Å². The Morgan fingerprint density at radius 2 is 1.70 bits per heavy atom. The van der Waals surface area contributed by atoms with Crippen LogP contribution in [0.1, 0.15) is 49.0 Å². The fourth-order valence-electron chi connectivity index (χ4n) is 5.39. The fraction of sp³-hybridized carbons (Fsp3) is 0.556. The maximum absolute atomic E-state index is 13.7. The largest absolute Gasteiger partial charge is 0.493 e. The zero-order valence-corrected chi connectivity index (χ0v) is 23.3. The highest BCUT2D eigenvalue weighted by Gasteiger charge is 2.44. The average Bonchev–Trinajstić information content (AvgIpc) is 3.70. The molecule has 1 aliphatic carbocycles. The lowest BCUT2D eigenvalue weighted by Gasteiger charge is -2.35. The van der Waals surface area contributed by atoms with E-state index in [9.17, 15) is 22.0 Å². The summed E-state index contributed by atoms with van der Waals surface area (Å²) in [5.74, 6) is -2.53. The molecule has 10 nitrogen and oxygen atoms in total. The summed E-state index contributed by atoms with van der Waals surface area (Å²) >= 11 is 0. The lowest BCUT2D eigenvalue weighted by molar-refractivity contribution is -0.0222. The Morgan fingerprint density at radius 3 is 2.33 bits per heavy atom. The maximum atomic E-state index is 13.7. The van der Waals surface area contributed by atoms with Crippen LogP contribution < -0.4 is 24.6 Å². The topological polar surface area (TPSA) is 124 Å². The number of sulfonamides is 1. The van der Waals surface area contributed by atoms with Gasteiger partial charge < -0.3 is 25.0 Å². The first kappa shape index (κ1) is 28.5. The Bertz CT molecular complexity index is 1350. The van der Waals surface area contributed by atoms with Crippen molar-refractivity contribution in [1.29, 1.82) is 0 Å². The van der Waals surface area contributed by atoms with Gasteiger partial charge in [0.05, 0.1) is 30.0 Å². The molecule has 3 fully saturated rings. The van der Waals surface area contributed by atoms with E-state index in [4.69, 9.17) is 9.84 Å². The van der Waals surface area contributed by atoms with E-state index in [1.165, 1.54) is 32.1 Å². The van der Waals surface area contributed by atoms with E-state index in [0.717, 1.165) is 25.9 Å². The van der Waals surface area contributed by atoms with Crippen molar-refractivity contribution in [3.8, 4) is 5.75 Å². The summed E-state index contributed by atoms with van der Waals surface area (Å²) in [6.45, 7) is 1.21. The zero-order chi connectivity index (χ0) is 28.5. The summed E-state index contributed by atoms with van der Waals surface area (Å²) in [5.41, 5.74) is 1.50. The molecule has 2 saturated heterocycles. The van der Waals surface area contributed by atoms with Crippen LogP contribution in [-0.2, 0) is 10.0 Å². The second-order valence-electron chi connectivity index (χ2n) is 10.8. The highest BCUT2D eigenvalue weighted by Crippen LogP contribution is 2.54. The number of alkyl halides is 2. The average molecular weight is 580 g/mol. The predicted molar refractivity (Wildman–Crippen MR) is 147 cm³/mol. The van der Waals surface area contributed by atoms with Gasteiger partial charge in [-0.25, -0.2) is 26.9 Å². The molecule has 1 amide bonds. The van der Waals surface area contributed by atoms with Gasteiger partial charge >= 0.3 is 0 Å². The van der Waals surface area contributed by atoms with E-state index in [1.54, 1.807) is 23.1 Å². The van der Waals surface area contributed by atoms with Crippen LogP contribution in [0.4, 0.5) is 26.0 Å². The summed E-state index contributed by atoms with van der Waals surface area (Å²) in [7, 11) is -2.40. The molecule has 0 bridgehead atoms. The number of nitrogens with zero attached hydrogens (tertiary/aromatic N) is 3. The molecule has 0 atom stereocenters. The van der Waals surface area contributed by atoms with Gasteiger partial charge in [-0.1, -0.05) is 0 Å². The minimum absolute atomic E-state index is 0.0346. The van der Waals surface area contributed by atoms with Gasteiger partial charge in [-0.3, -0.25) is 4.79 Å². The number of rotatable bonds is 9. The number of carbonyl (C=O) groups excluding carboxylic acids is 1. The Balaban J connectivity index is 1.41. The summed E-state index contributed by atoms with van der Waals surface area (Å²) < 4.78 is 60.8. The third kappa shape index (κ3) is 6.16. The predicted octanol–water partition coefficient (Wildman–Crippen LogP) is 3.23. The van der Waals surface area contributed by atoms with Crippen LogP contribution in [0.15, 0.2) is 35.2 Å². The van der Waals surface area contributed by atoms with Gasteiger partial charge in [-0.15, -0.1) is 0 Å². The van der Waals surface area contributed by atoms with Gasteiger partial charge in [0.25, 0.3) is 11.8 Å². The van der Waals surface area contributed by atoms with Crippen molar-refractivity contribution in [2.75, 3.05) is 61.6 Å². The number of benzene rings is 1. The van der Waals surface area contributed by atoms with E-state index in [2.05, 4.69) is 19.9 Å². The summed E-state index contributed by atoms with van der Waals surface area (Å²) in [4.78, 5) is 21.7. The van der Waals surface area contributed by atoms with Crippen molar-refractivity contribution in [2.24, 2.45) is 5.41 Å². The number of piperidine rings is 2. The van der Waals surface area contributed by atoms with Crippen LogP contribution in [-0.4, -0.2) is 76.8 Å². The third-order valence-corrected chi connectivity index (χ3v) is 9.60. The van der Waals surface area contributed by atoms with Crippen molar-refractivity contribution in [3.05, 3.63) is 36.0 Å². The molecule has 5 rings (SSSR count). The van der Waals surface area contributed by atoms with Crippen LogP contribution in [0.3, 0.4) is 0 Å². The van der Waals surface area contributed by atoms with E-state index in [-0.39, 0.29) is 49.7 Å². The van der Waals surface area contributed by atoms with E-state index < -0.39 is 21.9 Å². The number of aliphatic hydroxyl groups excluding tert-OH is 1. The second-order valence-corrected chi connectivity index (χ2v) is 12.6. The molecule has 0 radical (unpaired) electrons.